The van der Waals surface area contributed by atoms with E-state index in [0.717, 1.165) is 37.4 Å². The number of hydrogen-bond donors (Lipinski definition) is 2. The van der Waals surface area contributed by atoms with Gasteiger partial charge in [-0.15, -0.1) is 0 Å². The zero-order valence-corrected chi connectivity index (χ0v) is 17.8. The van der Waals surface area contributed by atoms with E-state index in [9.17, 15) is 9.18 Å². The van der Waals surface area contributed by atoms with Gasteiger partial charge in [-0.1, -0.05) is 6.07 Å². The molecule has 33 heavy (non-hydrogen) atoms. The molecule has 9 nitrogen and oxygen atoms in total. The molecule has 0 radical (unpaired) electrons. The van der Waals surface area contributed by atoms with Gasteiger partial charge in [-0.2, -0.15) is 0 Å². The molecule has 0 aromatic heterocycles. The Morgan fingerprint density at radius 1 is 1.06 bits per heavy atom. The van der Waals surface area contributed by atoms with E-state index in [1.54, 1.807) is 12.1 Å². The molecular formula is C23H26FNO8. The first kappa shape index (κ1) is 25.8. The molecule has 1 fully saturated rings. The fraction of sp³-hybridized carbons (Fsp3) is 0.348. The fourth-order valence-corrected chi connectivity index (χ4v) is 3.87. The number of quaternary nitrogens is 1. The number of Topliss-reactive ketones (excluding diaryl/α,β-unsaturated/α-hetero) is 1. The molecule has 0 amide bonds. The number of nitrogens with one attached hydrogen (secondary N) is 1. The van der Waals surface area contributed by atoms with Crippen molar-refractivity contribution in [1.82, 2.24) is 0 Å². The molecule has 2 atom stereocenters. The normalized spacial score (nSPS) is 18.7. The SMILES string of the molecule is O.O=C(C[NH+]1CCCC(c2ccc3c(c2)OCCO3)C1)c1ccc(F)cc1.O=C([O-])C(=O)O. The number of aliphatic carboxylic acids is 2. The van der Waals surface area contributed by atoms with Crippen LogP contribution in [0.5, 0.6) is 11.5 Å². The van der Waals surface area contributed by atoms with E-state index in [2.05, 4.69) is 12.1 Å². The molecule has 2 aliphatic rings. The Morgan fingerprint density at radius 2 is 1.70 bits per heavy atom. The summed E-state index contributed by atoms with van der Waals surface area (Å²) in [5.74, 6) is -2.20. The Balaban J connectivity index is 0.000000491. The molecule has 2 aromatic carbocycles. The summed E-state index contributed by atoms with van der Waals surface area (Å²) in [5.41, 5.74) is 1.83. The van der Waals surface area contributed by atoms with Gasteiger partial charge in [0.1, 0.15) is 25.6 Å². The van der Waals surface area contributed by atoms with E-state index in [1.807, 2.05) is 6.07 Å². The molecule has 2 aromatic rings. The van der Waals surface area contributed by atoms with Gasteiger partial charge in [-0.25, -0.2) is 9.18 Å². The van der Waals surface area contributed by atoms with Gasteiger partial charge in [-0.05, 0) is 54.8 Å². The second kappa shape index (κ2) is 11.9. The molecule has 2 unspecified atom stereocenters. The van der Waals surface area contributed by atoms with Crippen LogP contribution in [0.3, 0.4) is 0 Å². The van der Waals surface area contributed by atoms with Crippen LogP contribution in [-0.4, -0.2) is 61.2 Å². The second-order valence-electron chi connectivity index (χ2n) is 7.65. The van der Waals surface area contributed by atoms with Gasteiger partial charge in [0.05, 0.1) is 13.1 Å². The highest BCUT2D eigenvalue weighted by Crippen LogP contribution is 2.34. The van der Waals surface area contributed by atoms with Crippen LogP contribution in [0.15, 0.2) is 42.5 Å². The number of carbonyl (C=O) groups is 3. The van der Waals surface area contributed by atoms with Gasteiger partial charge in [-0.3, -0.25) is 4.79 Å². The highest BCUT2D eigenvalue weighted by atomic mass is 19.1. The lowest BCUT2D eigenvalue weighted by Gasteiger charge is -2.30. The Bertz CT molecular complexity index is 967. The third-order valence-electron chi connectivity index (χ3n) is 5.41. The molecule has 0 bridgehead atoms. The summed E-state index contributed by atoms with van der Waals surface area (Å²) in [6.45, 7) is 3.55. The first-order chi connectivity index (χ1) is 15.3. The lowest BCUT2D eigenvalue weighted by atomic mass is 9.90. The minimum atomic E-state index is -2.07. The molecule has 1 saturated heterocycles. The fourth-order valence-electron chi connectivity index (χ4n) is 3.87. The zero-order chi connectivity index (χ0) is 23.1. The summed E-state index contributed by atoms with van der Waals surface area (Å²) in [5, 5.41) is 16.3. The number of likely N-dealkylation sites (tertiary alicyclic amines) is 1. The number of hydrogen-bond acceptors (Lipinski definition) is 6. The second-order valence-corrected chi connectivity index (χ2v) is 7.65. The van der Waals surface area contributed by atoms with Gasteiger partial charge in [0, 0.05) is 11.5 Å². The van der Waals surface area contributed by atoms with Gasteiger partial charge < -0.3 is 34.9 Å². The number of piperidine rings is 1. The summed E-state index contributed by atoms with van der Waals surface area (Å²) in [7, 11) is 0. The van der Waals surface area contributed by atoms with Crippen LogP contribution in [0.1, 0.15) is 34.7 Å². The van der Waals surface area contributed by atoms with Crippen molar-refractivity contribution < 1.29 is 48.8 Å². The van der Waals surface area contributed by atoms with Crippen molar-refractivity contribution in [2.24, 2.45) is 0 Å². The van der Waals surface area contributed by atoms with Crippen LogP contribution in [0.2, 0.25) is 0 Å². The minimum absolute atomic E-state index is 0. The molecule has 0 aliphatic carbocycles. The number of benzene rings is 2. The molecule has 0 spiro atoms. The molecule has 178 valence electrons. The smallest absolute Gasteiger partial charge is 0.351 e. The minimum Gasteiger partial charge on any atom is -0.539 e. The van der Waals surface area contributed by atoms with E-state index in [4.69, 9.17) is 29.3 Å². The monoisotopic (exact) mass is 463 g/mol. The summed E-state index contributed by atoms with van der Waals surface area (Å²) in [6, 6.07) is 12.0. The molecular weight excluding hydrogens is 437 g/mol. The number of carboxylic acid groups (broad SMARTS) is 2. The zero-order valence-electron chi connectivity index (χ0n) is 17.8. The van der Waals surface area contributed by atoms with Gasteiger partial charge >= 0.3 is 5.97 Å². The van der Waals surface area contributed by atoms with Crippen molar-refractivity contribution >= 4 is 17.7 Å². The van der Waals surface area contributed by atoms with Crippen molar-refractivity contribution in [2.45, 2.75) is 18.8 Å². The van der Waals surface area contributed by atoms with E-state index in [1.165, 1.54) is 22.6 Å². The van der Waals surface area contributed by atoms with Crippen LogP contribution >= 0.6 is 0 Å². The van der Waals surface area contributed by atoms with Crippen LogP contribution < -0.4 is 19.5 Å². The molecule has 10 heteroatoms. The number of rotatable bonds is 4. The Morgan fingerprint density at radius 3 is 2.33 bits per heavy atom. The Kier molecular flexibility index (Phi) is 9.31. The van der Waals surface area contributed by atoms with Crippen molar-refractivity contribution in [1.29, 1.82) is 0 Å². The van der Waals surface area contributed by atoms with Crippen molar-refractivity contribution in [3.63, 3.8) is 0 Å². The molecule has 4 N–H and O–H groups in total. The van der Waals surface area contributed by atoms with Crippen LogP contribution in [-0.2, 0) is 9.59 Å². The average Bonchev–Trinajstić information content (AvgIpc) is 2.79. The van der Waals surface area contributed by atoms with Gasteiger partial charge in [0.2, 0.25) is 5.78 Å². The van der Waals surface area contributed by atoms with Crippen molar-refractivity contribution in [3.05, 3.63) is 59.4 Å². The van der Waals surface area contributed by atoms with E-state index < -0.39 is 11.9 Å². The van der Waals surface area contributed by atoms with Crippen LogP contribution in [0, 0.1) is 5.82 Å². The number of carboxylic acids is 2. The quantitative estimate of drug-likeness (QED) is 0.447. The maximum atomic E-state index is 13.0. The van der Waals surface area contributed by atoms with E-state index >= 15 is 0 Å². The predicted octanol–water partition coefficient (Wildman–Crippen LogP) is -0.762. The number of ether oxygens (including phenoxy) is 2. The summed E-state index contributed by atoms with van der Waals surface area (Å²) in [4.78, 5) is 31.8. The van der Waals surface area contributed by atoms with Gasteiger partial charge in [0.15, 0.2) is 17.5 Å². The number of fused-ring (bicyclic) bond motifs is 1. The molecule has 4 rings (SSSR count). The first-order valence-electron chi connectivity index (χ1n) is 10.3. The lowest BCUT2D eigenvalue weighted by molar-refractivity contribution is -0.897. The van der Waals surface area contributed by atoms with Crippen LogP contribution in [0.25, 0.3) is 0 Å². The van der Waals surface area contributed by atoms with Crippen LogP contribution in [0.4, 0.5) is 4.39 Å². The first-order valence-corrected chi connectivity index (χ1v) is 10.3. The maximum Gasteiger partial charge on any atom is 0.351 e. The largest absolute Gasteiger partial charge is 0.539 e. The third kappa shape index (κ3) is 7.26. The standard InChI is InChI=1S/C21H22FNO3.C2H2O4.H2O/c22-18-6-3-15(4-7-18)19(24)14-23-9-1-2-17(13-23)16-5-8-20-21(12-16)26-11-10-25-20;3-1(4)2(5)6;/h3-8,12,17H,1-2,9-11,13-14H2;(H,3,4)(H,5,6);1H2. The summed E-state index contributed by atoms with van der Waals surface area (Å²) in [6.07, 6.45) is 2.21. The topological polar surface area (TPSA) is 149 Å². The van der Waals surface area contributed by atoms with E-state index in [0.29, 0.717) is 31.2 Å². The third-order valence-corrected chi connectivity index (χ3v) is 5.41. The molecule has 0 saturated carbocycles. The van der Waals surface area contributed by atoms with E-state index in [-0.39, 0.29) is 17.1 Å². The van der Waals surface area contributed by atoms with Crippen molar-refractivity contribution in [3.8, 4) is 11.5 Å². The predicted molar refractivity (Wildman–Crippen MR) is 112 cm³/mol. The Labute approximate surface area is 189 Å². The summed E-state index contributed by atoms with van der Waals surface area (Å²) >= 11 is 0. The highest BCUT2D eigenvalue weighted by molar-refractivity contribution is 6.26. The Hall–Kier alpha value is -3.50. The van der Waals surface area contributed by atoms with Crippen molar-refractivity contribution in [2.75, 3.05) is 32.8 Å². The maximum absolute atomic E-state index is 13.0. The number of ketones is 1. The highest BCUT2D eigenvalue weighted by Gasteiger charge is 2.27. The summed E-state index contributed by atoms with van der Waals surface area (Å²) < 4.78 is 24.3. The average molecular weight is 463 g/mol. The lowest BCUT2D eigenvalue weighted by Crippen LogP contribution is -3.14. The van der Waals surface area contributed by atoms with Gasteiger partial charge in [0.25, 0.3) is 0 Å². The number of halogens is 1. The molecule has 2 aliphatic heterocycles. The number of carbonyl (C=O) groups excluding carboxylic acids is 2. The molecule has 2 heterocycles.